The van der Waals surface area contributed by atoms with Gasteiger partial charge < -0.3 is 9.53 Å². The van der Waals surface area contributed by atoms with Crippen LogP contribution in [0, 0.1) is 5.92 Å². The zero-order chi connectivity index (χ0) is 19.5. The van der Waals surface area contributed by atoms with Crippen LogP contribution in [0.15, 0.2) is 11.1 Å². The van der Waals surface area contributed by atoms with E-state index in [4.69, 9.17) is 9.53 Å². The van der Waals surface area contributed by atoms with E-state index in [-0.39, 0.29) is 27.3 Å². The summed E-state index contributed by atoms with van der Waals surface area (Å²) in [5, 5.41) is 9.04. The molecule has 0 atom stereocenters. The summed E-state index contributed by atoms with van der Waals surface area (Å²) < 4.78 is 6.24. The van der Waals surface area contributed by atoms with Crippen molar-refractivity contribution in [3.8, 4) is 0 Å². The van der Waals surface area contributed by atoms with Gasteiger partial charge in [0.2, 0.25) is 0 Å². The van der Waals surface area contributed by atoms with Crippen LogP contribution in [0.1, 0.15) is 75.7 Å². The predicted octanol–water partition coefficient (Wildman–Crippen LogP) is 5.54. The van der Waals surface area contributed by atoms with Gasteiger partial charge in [0.1, 0.15) is 0 Å². The van der Waals surface area contributed by atoms with Gasteiger partial charge in [-0.05, 0) is 42.3 Å². The van der Waals surface area contributed by atoms with Gasteiger partial charge >= 0.3 is 11.9 Å². The van der Waals surface area contributed by atoms with Crippen LogP contribution in [-0.2, 0) is 14.0 Å². The number of carbonyl (C=O) groups is 2. The lowest BCUT2D eigenvalue weighted by molar-refractivity contribution is -0.135. The molecule has 140 valence electrons. The second-order valence-electron chi connectivity index (χ2n) is 8.53. The average Bonchev–Trinajstić information content (AvgIpc) is 2.39. The van der Waals surface area contributed by atoms with Gasteiger partial charge in [0.05, 0.1) is 0 Å². The van der Waals surface area contributed by atoms with Crippen LogP contribution in [0.25, 0.3) is 0 Å². The first-order chi connectivity index (χ1) is 10.7. The van der Waals surface area contributed by atoms with E-state index in [0.717, 1.165) is 6.42 Å². The Bertz CT molecular complexity index is 493. The maximum atomic E-state index is 12.7. The molecule has 0 saturated heterocycles. The number of hydrogen-bond acceptors (Lipinski definition) is 3. The van der Waals surface area contributed by atoms with E-state index in [1.54, 1.807) is 6.92 Å². The topological polar surface area (TPSA) is 63.6 Å². The van der Waals surface area contributed by atoms with E-state index in [2.05, 4.69) is 55.4 Å². The van der Waals surface area contributed by atoms with Gasteiger partial charge in [-0.15, -0.1) is 0 Å². The molecule has 24 heavy (non-hydrogen) atoms. The number of carboxylic acid groups (broad SMARTS) is 1. The molecule has 0 aromatic rings. The molecule has 4 nitrogen and oxygen atoms in total. The molecular weight excluding hydrogens is 320 g/mol. The molecule has 0 radical (unpaired) electrons. The van der Waals surface area contributed by atoms with Crippen molar-refractivity contribution in [2.24, 2.45) is 5.92 Å². The number of rotatable bonds is 8. The maximum Gasteiger partial charge on any atom is 0.331 e. The van der Waals surface area contributed by atoms with Crippen molar-refractivity contribution in [2.75, 3.05) is 0 Å². The van der Waals surface area contributed by atoms with Crippen molar-refractivity contribution in [1.29, 1.82) is 0 Å². The molecule has 0 saturated carbocycles. The first-order valence-electron chi connectivity index (χ1n) is 8.84. The van der Waals surface area contributed by atoms with Crippen LogP contribution in [0.3, 0.4) is 0 Å². The van der Waals surface area contributed by atoms with Crippen LogP contribution in [-0.4, -0.2) is 25.4 Å². The summed E-state index contributed by atoms with van der Waals surface area (Å²) in [5.74, 6) is -1.05. The smallest absolute Gasteiger partial charge is 0.331 e. The Hall–Kier alpha value is -1.10. The normalized spacial score (nSPS) is 14.2. The van der Waals surface area contributed by atoms with Gasteiger partial charge in [0.25, 0.3) is 8.32 Å². The lowest BCUT2D eigenvalue weighted by Crippen LogP contribution is -2.55. The third-order valence-electron chi connectivity index (χ3n) is 5.14. The minimum Gasteiger partial charge on any atom is -0.515 e. The SMILES string of the molecule is C/C(C(=O)O)=C(\C)C(=O)O[Si](C(C)C)(C(C)C)C(C)(C)CC(C)C. The van der Waals surface area contributed by atoms with E-state index < -0.39 is 20.3 Å². The van der Waals surface area contributed by atoms with Gasteiger partial charge in [0.15, 0.2) is 0 Å². The number of aliphatic carboxylic acids is 1. The molecule has 5 heteroatoms. The second-order valence-corrected chi connectivity index (χ2v) is 14.0. The zero-order valence-corrected chi connectivity index (χ0v) is 18.1. The van der Waals surface area contributed by atoms with Gasteiger partial charge in [-0.25, -0.2) is 9.59 Å². The average molecular weight is 357 g/mol. The van der Waals surface area contributed by atoms with Gasteiger partial charge in [-0.3, -0.25) is 0 Å². The summed E-state index contributed by atoms with van der Waals surface area (Å²) in [5.41, 5.74) is 0.736. The molecule has 0 bridgehead atoms. The van der Waals surface area contributed by atoms with E-state index >= 15 is 0 Å². The lowest BCUT2D eigenvalue weighted by atomic mass is 10.00. The largest absolute Gasteiger partial charge is 0.515 e. The van der Waals surface area contributed by atoms with Crippen molar-refractivity contribution in [3.05, 3.63) is 11.1 Å². The molecule has 0 aromatic heterocycles. The first kappa shape index (κ1) is 22.9. The predicted molar refractivity (Wildman–Crippen MR) is 102 cm³/mol. The van der Waals surface area contributed by atoms with Crippen molar-refractivity contribution < 1.29 is 19.1 Å². The number of carboxylic acids is 1. The zero-order valence-electron chi connectivity index (χ0n) is 17.1. The maximum absolute atomic E-state index is 12.7. The summed E-state index contributed by atoms with van der Waals surface area (Å²) in [4.78, 5) is 23.9. The molecule has 0 rings (SSSR count). The van der Waals surface area contributed by atoms with Crippen molar-refractivity contribution >= 4 is 20.3 Å². The highest BCUT2D eigenvalue weighted by Gasteiger charge is 2.56. The summed E-state index contributed by atoms with van der Waals surface area (Å²) in [6.07, 6.45) is 0.976. The molecule has 0 heterocycles. The molecule has 0 aliphatic carbocycles. The Labute approximate surface area is 148 Å². The molecule has 0 amide bonds. The highest BCUT2D eigenvalue weighted by atomic mass is 28.4. The Morgan fingerprint density at radius 2 is 1.38 bits per heavy atom. The van der Waals surface area contributed by atoms with Crippen molar-refractivity contribution in [2.45, 2.75) is 91.8 Å². The molecule has 0 aliphatic heterocycles. The van der Waals surface area contributed by atoms with E-state index in [0.29, 0.717) is 5.92 Å². The van der Waals surface area contributed by atoms with Gasteiger partial charge in [0, 0.05) is 11.1 Å². The molecular formula is C19H36O4Si. The van der Waals surface area contributed by atoms with E-state index in [1.807, 2.05) is 0 Å². The summed E-state index contributed by atoms with van der Waals surface area (Å²) >= 11 is 0. The van der Waals surface area contributed by atoms with Gasteiger partial charge in [-0.1, -0.05) is 55.4 Å². The van der Waals surface area contributed by atoms with E-state index in [1.165, 1.54) is 6.92 Å². The molecule has 0 spiro atoms. The minimum atomic E-state index is -2.52. The fraction of sp³-hybridized carbons (Fsp3) is 0.789. The Balaban J connectivity index is 6.06. The number of hydrogen-bond donors (Lipinski definition) is 1. The number of carbonyl (C=O) groups excluding carboxylic acids is 1. The van der Waals surface area contributed by atoms with Crippen LogP contribution in [0.5, 0.6) is 0 Å². The van der Waals surface area contributed by atoms with Crippen LogP contribution in [0.2, 0.25) is 16.1 Å². The quantitative estimate of drug-likeness (QED) is 0.458. The lowest BCUT2D eigenvalue weighted by Gasteiger charge is -2.50. The summed E-state index contributed by atoms with van der Waals surface area (Å²) in [7, 11) is -2.52. The fourth-order valence-corrected chi connectivity index (χ4v) is 10.7. The standard InChI is InChI=1S/C19H36O4Si/c1-12(2)11-19(9,10)24(13(3)4,14(5)6)23-18(22)16(8)15(7)17(20)21/h12-14H,11H2,1-10H3,(H,20,21)/b16-15-. The third-order valence-corrected chi connectivity index (χ3v) is 11.4. The second kappa shape index (κ2) is 8.32. The Kier molecular flexibility index (Phi) is 7.94. The fourth-order valence-electron chi connectivity index (χ4n) is 4.33. The van der Waals surface area contributed by atoms with E-state index in [9.17, 15) is 9.59 Å². The minimum absolute atomic E-state index is 0.0528. The molecule has 1 N–H and O–H groups in total. The molecule has 0 aliphatic rings. The molecule has 0 unspecified atom stereocenters. The van der Waals surface area contributed by atoms with Crippen LogP contribution >= 0.6 is 0 Å². The van der Waals surface area contributed by atoms with Crippen molar-refractivity contribution in [1.82, 2.24) is 0 Å². The monoisotopic (exact) mass is 356 g/mol. The van der Waals surface area contributed by atoms with Crippen LogP contribution in [0.4, 0.5) is 0 Å². The molecule has 0 aromatic carbocycles. The Morgan fingerprint density at radius 3 is 1.67 bits per heavy atom. The highest BCUT2D eigenvalue weighted by molar-refractivity contribution is 6.80. The van der Waals surface area contributed by atoms with Gasteiger partial charge in [-0.2, -0.15) is 0 Å². The molecule has 0 fully saturated rings. The van der Waals surface area contributed by atoms with Crippen molar-refractivity contribution in [3.63, 3.8) is 0 Å². The highest BCUT2D eigenvalue weighted by Crippen LogP contribution is 2.54. The Morgan fingerprint density at radius 1 is 0.958 bits per heavy atom. The van der Waals surface area contributed by atoms with Crippen LogP contribution < -0.4 is 0 Å². The summed E-state index contributed by atoms with van der Waals surface area (Å²) in [6.45, 7) is 20.3. The first-order valence-corrected chi connectivity index (χ1v) is 10.9. The third kappa shape index (κ3) is 4.71. The summed E-state index contributed by atoms with van der Waals surface area (Å²) in [6, 6.07) is 0.